The summed E-state index contributed by atoms with van der Waals surface area (Å²) in [6.45, 7) is 3.99. The van der Waals surface area contributed by atoms with Crippen molar-refractivity contribution in [2.45, 2.75) is 26.3 Å². The predicted molar refractivity (Wildman–Crippen MR) is 66.0 cm³/mol. The zero-order valence-electron chi connectivity index (χ0n) is 10.7. The average molecular weight is 267 g/mol. The van der Waals surface area contributed by atoms with Crippen LogP contribution in [0.25, 0.3) is 11.4 Å². The Balaban J connectivity index is 2.27. The lowest BCUT2D eigenvalue weighted by molar-refractivity contribution is 0.312. The molecule has 6 heteroatoms. The molecule has 0 aliphatic rings. The Morgan fingerprint density at radius 3 is 2.68 bits per heavy atom. The first-order valence-corrected chi connectivity index (χ1v) is 6.07. The van der Waals surface area contributed by atoms with Crippen molar-refractivity contribution in [2.75, 3.05) is 0 Å². The fourth-order valence-corrected chi connectivity index (χ4v) is 1.62. The van der Waals surface area contributed by atoms with E-state index in [0.29, 0.717) is 11.5 Å². The van der Waals surface area contributed by atoms with E-state index in [1.165, 1.54) is 6.07 Å². The second-order valence-electron chi connectivity index (χ2n) is 4.50. The van der Waals surface area contributed by atoms with Crippen LogP contribution in [0.4, 0.5) is 8.78 Å². The van der Waals surface area contributed by atoms with Gasteiger partial charge < -0.3 is 10.3 Å². The molecule has 0 saturated carbocycles. The van der Waals surface area contributed by atoms with E-state index in [-0.39, 0.29) is 17.8 Å². The number of hydrogen-bond acceptors (Lipinski definition) is 4. The van der Waals surface area contributed by atoms with E-state index < -0.39 is 11.6 Å². The van der Waals surface area contributed by atoms with Crippen LogP contribution in [0, 0.1) is 17.6 Å². The van der Waals surface area contributed by atoms with Gasteiger partial charge in [0.25, 0.3) is 0 Å². The minimum absolute atomic E-state index is 0.193. The standard InChI is InChI=1S/C13H15F2N3O/c1-3-7(2)11(16)13-17-12(18-19-13)8-4-5-9(14)10(15)6-8/h4-7,11H,3,16H2,1-2H3/t7?,11-/m0/s1. The minimum Gasteiger partial charge on any atom is -0.337 e. The number of nitrogens with zero attached hydrogens (tertiary/aromatic N) is 2. The van der Waals surface area contributed by atoms with Gasteiger partial charge in [-0.25, -0.2) is 8.78 Å². The lowest BCUT2D eigenvalue weighted by Crippen LogP contribution is -2.18. The van der Waals surface area contributed by atoms with Crippen LogP contribution < -0.4 is 5.73 Å². The fraction of sp³-hybridized carbons (Fsp3) is 0.385. The first-order chi connectivity index (χ1) is 9.02. The van der Waals surface area contributed by atoms with Gasteiger partial charge in [-0.05, 0) is 24.1 Å². The summed E-state index contributed by atoms with van der Waals surface area (Å²) >= 11 is 0. The number of hydrogen-bond donors (Lipinski definition) is 1. The Kier molecular flexibility index (Phi) is 3.90. The van der Waals surface area contributed by atoms with Crippen molar-refractivity contribution in [2.24, 2.45) is 11.7 Å². The molecule has 0 aliphatic heterocycles. The average Bonchev–Trinajstić information content (AvgIpc) is 2.89. The zero-order valence-corrected chi connectivity index (χ0v) is 10.7. The normalized spacial score (nSPS) is 14.4. The second-order valence-corrected chi connectivity index (χ2v) is 4.50. The molecule has 0 bridgehead atoms. The van der Waals surface area contributed by atoms with Gasteiger partial charge in [-0.1, -0.05) is 25.4 Å². The molecule has 2 aromatic rings. The summed E-state index contributed by atoms with van der Waals surface area (Å²) in [5, 5.41) is 3.74. The molecule has 4 nitrogen and oxygen atoms in total. The SMILES string of the molecule is CCC(C)[C@H](N)c1nc(-c2ccc(F)c(F)c2)no1. The van der Waals surface area contributed by atoms with Crippen LogP contribution in [0.2, 0.25) is 0 Å². The van der Waals surface area contributed by atoms with Gasteiger partial charge in [0.05, 0.1) is 6.04 Å². The summed E-state index contributed by atoms with van der Waals surface area (Å²) in [5.41, 5.74) is 6.32. The van der Waals surface area contributed by atoms with Gasteiger partial charge in [0.2, 0.25) is 11.7 Å². The van der Waals surface area contributed by atoms with Gasteiger partial charge in [-0.15, -0.1) is 0 Å². The van der Waals surface area contributed by atoms with Crippen molar-refractivity contribution in [3.05, 3.63) is 35.7 Å². The zero-order chi connectivity index (χ0) is 14.0. The maximum absolute atomic E-state index is 13.1. The smallest absolute Gasteiger partial charge is 0.244 e. The Morgan fingerprint density at radius 1 is 1.32 bits per heavy atom. The van der Waals surface area contributed by atoms with Gasteiger partial charge in [-0.2, -0.15) is 4.98 Å². The maximum atomic E-state index is 13.1. The van der Waals surface area contributed by atoms with E-state index in [4.69, 9.17) is 10.3 Å². The first-order valence-electron chi connectivity index (χ1n) is 6.07. The third-order valence-electron chi connectivity index (χ3n) is 3.16. The van der Waals surface area contributed by atoms with Gasteiger partial charge in [0.15, 0.2) is 11.6 Å². The number of benzene rings is 1. The molecule has 0 fully saturated rings. The van der Waals surface area contributed by atoms with Crippen molar-refractivity contribution in [1.29, 1.82) is 0 Å². The highest BCUT2D eigenvalue weighted by molar-refractivity contribution is 5.54. The molecule has 1 unspecified atom stereocenters. The van der Waals surface area contributed by atoms with Crippen LogP contribution in [0.5, 0.6) is 0 Å². The van der Waals surface area contributed by atoms with E-state index in [1.807, 2.05) is 13.8 Å². The van der Waals surface area contributed by atoms with Crippen LogP contribution in [0.1, 0.15) is 32.2 Å². The van der Waals surface area contributed by atoms with E-state index in [9.17, 15) is 8.78 Å². The van der Waals surface area contributed by atoms with Crippen LogP contribution in [-0.4, -0.2) is 10.1 Å². The molecule has 1 aromatic carbocycles. The molecule has 102 valence electrons. The monoisotopic (exact) mass is 267 g/mol. The van der Waals surface area contributed by atoms with Crippen LogP contribution in [-0.2, 0) is 0 Å². The number of nitrogens with two attached hydrogens (primary N) is 1. The van der Waals surface area contributed by atoms with E-state index >= 15 is 0 Å². The molecule has 0 radical (unpaired) electrons. The van der Waals surface area contributed by atoms with Gasteiger partial charge >= 0.3 is 0 Å². The van der Waals surface area contributed by atoms with E-state index in [2.05, 4.69) is 10.1 Å². The molecule has 19 heavy (non-hydrogen) atoms. The Labute approximate surface area is 109 Å². The number of rotatable bonds is 4. The third kappa shape index (κ3) is 2.78. The summed E-state index contributed by atoms with van der Waals surface area (Å²) in [4.78, 5) is 4.13. The molecule has 0 spiro atoms. The van der Waals surface area contributed by atoms with Gasteiger partial charge in [0, 0.05) is 5.56 Å². The van der Waals surface area contributed by atoms with Crippen molar-refractivity contribution in [3.63, 3.8) is 0 Å². The second kappa shape index (κ2) is 5.44. The minimum atomic E-state index is -0.949. The molecule has 2 atom stereocenters. The van der Waals surface area contributed by atoms with E-state index in [0.717, 1.165) is 18.6 Å². The summed E-state index contributed by atoms with van der Waals surface area (Å²) in [5.74, 6) is -1.17. The summed E-state index contributed by atoms with van der Waals surface area (Å²) in [6, 6.07) is 3.08. The fourth-order valence-electron chi connectivity index (χ4n) is 1.62. The Morgan fingerprint density at radius 2 is 2.05 bits per heavy atom. The first kappa shape index (κ1) is 13.6. The Hall–Kier alpha value is -1.82. The van der Waals surface area contributed by atoms with Crippen LogP contribution in [0.3, 0.4) is 0 Å². The topological polar surface area (TPSA) is 64.9 Å². The van der Waals surface area contributed by atoms with Crippen LogP contribution >= 0.6 is 0 Å². The molecule has 1 aromatic heterocycles. The van der Waals surface area contributed by atoms with E-state index in [1.54, 1.807) is 0 Å². The molecule has 0 aliphatic carbocycles. The highest BCUT2D eigenvalue weighted by atomic mass is 19.2. The largest absolute Gasteiger partial charge is 0.337 e. The predicted octanol–water partition coefficient (Wildman–Crippen LogP) is 3.06. The maximum Gasteiger partial charge on any atom is 0.244 e. The quantitative estimate of drug-likeness (QED) is 0.924. The van der Waals surface area contributed by atoms with Crippen LogP contribution in [0.15, 0.2) is 22.7 Å². The van der Waals surface area contributed by atoms with Crippen molar-refractivity contribution >= 4 is 0 Å². The number of halogens is 2. The third-order valence-corrected chi connectivity index (χ3v) is 3.16. The van der Waals surface area contributed by atoms with Crippen molar-refractivity contribution in [3.8, 4) is 11.4 Å². The lowest BCUT2D eigenvalue weighted by Gasteiger charge is -2.12. The molecule has 2 N–H and O–H groups in total. The summed E-state index contributed by atoms with van der Waals surface area (Å²) in [7, 11) is 0. The molecule has 2 rings (SSSR count). The number of aromatic nitrogens is 2. The highest BCUT2D eigenvalue weighted by Crippen LogP contribution is 2.24. The van der Waals surface area contributed by atoms with Crippen molar-refractivity contribution < 1.29 is 13.3 Å². The molecule has 0 amide bonds. The van der Waals surface area contributed by atoms with Crippen molar-refractivity contribution in [1.82, 2.24) is 10.1 Å². The molecular weight excluding hydrogens is 252 g/mol. The lowest BCUT2D eigenvalue weighted by atomic mass is 10.0. The highest BCUT2D eigenvalue weighted by Gasteiger charge is 2.20. The molecular formula is C13H15F2N3O. The Bertz CT molecular complexity index is 571. The van der Waals surface area contributed by atoms with Gasteiger partial charge in [-0.3, -0.25) is 0 Å². The summed E-state index contributed by atoms with van der Waals surface area (Å²) in [6.07, 6.45) is 0.879. The molecule has 1 heterocycles. The van der Waals surface area contributed by atoms with Gasteiger partial charge in [0.1, 0.15) is 0 Å². The summed E-state index contributed by atoms with van der Waals surface area (Å²) < 4.78 is 31.0. The molecule has 0 saturated heterocycles.